The summed E-state index contributed by atoms with van der Waals surface area (Å²) in [4.78, 5) is 22.2. The van der Waals surface area contributed by atoms with Crippen molar-refractivity contribution in [2.45, 2.75) is 32.3 Å². The first-order valence-corrected chi connectivity index (χ1v) is 6.49. The average molecular weight is 297 g/mol. The monoisotopic (exact) mass is 297 g/mol. The molecule has 4 N–H and O–H groups in total. The first-order chi connectivity index (χ1) is 9.97. The second-order valence-electron chi connectivity index (χ2n) is 4.67. The van der Waals surface area contributed by atoms with E-state index in [0.29, 0.717) is 5.65 Å². The Kier molecular flexibility index (Phi) is 4.56. The molecule has 0 aromatic carbocycles. The van der Waals surface area contributed by atoms with E-state index in [9.17, 15) is 9.90 Å². The van der Waals surface area contributed by atoms with Crippen molar-refractivity contribution >= 4 is 17.1 Å². The Morgan fingerprint density at radius 3 is 2.86 bits per heavy atom. The SMILES string of the molecule is COC(C)C(CO)OC(C)n1cnc2c(=O)[nH]c(N)nc21. The molecule has 0 fully saturated rings. The van der Waals surface area contributed by atoms with Gasteiger partial charge >= 0.3 is 0 Å². The molecule has 0 aliphatic carbocycles. The lowest BCUT2D eigenvalue weighted by Gasteiger charge is -2.25. The van der Waals surface area contributed by atoms with Gasteiger partial charge in [-0.3, -0.25) is 14.3 Å². The van der Waals surface area contributed by atoms with E-state index in [2.05, 4.69) is 15.0 Å². The molecule has 2 aromatic rings. The van der Waals surface area contributed by atoms with Crippen LogP contribution in [0, 0.1) is 0 Å². The summed E-state index contributed by atoms with van der Waals surface area (Å²) >= 11 is 0. The number of nitrogens with zero attached hydrogens (tertiary/aromatic N) is 3. The Morgan fingerprint density at radius 2 is 2.24 bits per heavy atom. The Morgan fingerprint density at radius 1 is 1.52 bits per heavy atom. The summed E-state index contributed by atoms with van der Waals surface area (Å²) in [6, 6.07) is 0. The Balaban J connectivity index is 2.31. The van der Waals surface area contributed by atoms with Crippen molar-refractivity contribution in [3.05, 3.63) is 16.7 Å². The van der Waals surface area contributed by atoms with Gasteiger partial charge in [-0.2, -0.15) is 4.98 Å². The third-order valence-electron chi connectivity index (χ3n) is 3.29. The van der Waals surface area contributed by atoms with Crippen molar-refractivity contribution in [2.75, 3.05) is 19.5 Å². The van der Waals surface area contributed by atoms with E-state index in [4.69, 9.17) is 15.2 Å². The van der Waals surface area contributed by atoms with Crippen LogP contribution in [0.2, 0.25) is 0 Å². The van der Waals surface area contributed by atoms with Crippen LogP contribution in [0.15, 0.2) is 11.1 Å². The maximum absolute atomic E-state index is 11.7. The minimum absolute atomic E-state index is 0.00502. The molecule has 3 atom stereocenters. The molecular weight excluding hydrogens is 278 g/mol. The lowest BCUT2D eigenvalue weighted by atomic mass is 10.2. The summed E-state index contributed by atoms with van der Waals surface area (Å²) in [6.45, 7) is 3.36. The zero-order chi connectivity index (χ0) is 15.6. The number of aromatic amines is 1. The van der Waals surface area contributed by atoms with E-state index in [0.717, 1.165) is 0 Å². The lowest BCUT2D eigenvalue weighted by molar-refractivity contribution is -0.119. The van der Waals surface area contributed by atoms with Gasteiger partial charge in [0, 0.05) is 7.11 Å². The molecule has 0 aliphatic rings. The van der Waals surface area contributed by atoms with Crippen LogP contribution in [0.1, 0.15) is 20.1 Å². The Hall–Kier alpha value is -1.97. The minimum atomic E-state index is -0.512. The van der Waals surface area contributed by atoms with Crippen LogP contribution in [0.5, 0.6) is 0 Å². The van der Waals surface area contributed by atoms with Crippen LogP contribution in [0.25, 0.3) is 11.2 Å². The molecule has 2 aromatic heterocycles. The normalized spacial score (nSPS) is 16.0. The predicted molar refractivity (Wildman–Crippen MR) is 75.7 cm³/mol. The molecule has 9 nitrogen and oxygen atoms in total. The van der Waals surface area contributed by atoms with Gasteiger partial charge in [0.15, 0.2) is 11.2 Å². The third-order valence-corrected chi connectivity index (χ3v) is 3.29. The van der Waals surface area contributed by atoms with Gasteiger partial charge < -0.3 is 20.3 Å². The van der Waals surface area contributed by atoms with Crippen molar-refractivity contribution in [3.63, 3.8) is 0 Å². The van der Waals surface area contributed by atoms with Gasteiger partial charge in [0.1, 0.15) is 12.3 Å². The maximum Gasteiger partial charge on any atom is 0.280 e. The third kappa shape index (κ3) is 3.04. The number of rotatable bonds is 6. The van der Waals surface area contributed by atoms with E-state index >= 15 is 0 Å². The predicted octanol–water partition coefficient (Wildman–Crippen LogP) is -0.367. The number of methoxy groups -OCH3 is 1. The van der Waals surface area contributed by atoms with Crippen LogP contribution < -0.4 is 11.3 Å². The van der Waals surface area contributed by atoms with Crippen molar-refractivity contribution in [2.24, 2.45) is 0 Å². The topological polar surface area (TPSA) is 128 Å². The van der Waals surface area contributed by atoms with Gasteiger partial charge in [0.05, 0.1) is 19.0 Å². The van der Waals surface area contributed by atoms with Crippen molar-refractivity contribution < 1.29 is 14.6 Å². The molecule has 0 bridgehead atoms. The first-order valence-electron chi connectivity index (χ1n) is 6.49. The fraction of sp³-hybridized carbons (Fsp3) is 0.583. The molecule has 0 radical (unpaired) electrons. The number of H-pyrrole nitrogens is 1. The molecule has 0 saturated heterocycles. The first kappa shape index (κ1) is 15.4. The molecular formula is C12H19N5O4. The molecule has 0 saturated carbocycles. The smallest absolute Gasteiger partial charge is 0.280 e. The largest absolute Gasteiger partial charge is 0.394 e. The number of aliphatic hydroxyl groups is 1. The number of anilines is 1. The zero-order valence-electron chi connectivity index (χ0n) is 12.1. The number of aromatic nitrogens is 4. The molecule has 9 heteroatoms. The average Bonchev–Trinajstić information content (AvgIpc) is 2.87. The number of ether oxygens (including phenoxy) is 2. The standard InChI is InChI=1S/C12H19N5O4/c1-6(20-3)8(4-18)21-7(2)17-5-14-9-10(17)15-12(13)16-11(9)19/h5-8,18H,4H2,1-3H3,(H3,13,15,16,19). The van der Waals surface area contributed by atoms with Crippen molar-refractivity contribution in [1.82, 2.24) is 19.5 Å². The van der Waals surface area contributed by atoms with Gasteiger partial charge in [0.25, 0.3) is 5.56 Å². The maximum atomic E-state index is 11.7. The summed E-state index contributed by atoms with van der Waals surface area (Å²) in [5.74, 6) is 0.00502. The quantitative estimate of drug-likeness (QED) is 0.663. The second kappa shape index (κ2) is 6.20. The zero-order valence-corrected chi connectivity index (χ0v) is 12.1. The molecule has 0 aliphatic heterocycles. The second-order valence-corrected chi connectivity index (χ2v) is 4.67. The van der Waals surface area contributed by atoms with Gasteiger partial charge in [-0.15, -0.1) is 0 Å². The number of nitrogens with one attached hydrogen (secondary N) is 1. The highest BCUT2D eigenvalue weighted by Gasteiger charge is 2.22. The number of fused-ring (bicyclic) bond motifs is 1. The fourth-order valence-electron chi connectivity index (χ4n) is 1.98. The summed E-state index contributed by atoms with van der Waals surface area (Å²) in [5, 5.41) is 9.35. The molecule has 2 heterocycles. The van der Waals surface area contributed by atoms with Gasteiger partial charge in [-0.1, -0.05) is 0 Å². The van der Waals surface area contributed by atoms with Crippen LogP contribution >= 0.6 is 0 Å². The number of imidazole rings is 1. The number of aliphatic hydroxyl groups excluding tert-OH is 1. The molecule has 3 unspecified atom stereocenters. The van der Waals surface area contributed by atoms with E-state index in [1.165, 1.54) is 13.4 Å². The van der Waals surface area contributed by atoms with Gasteiger partial charge in [-0.25, -0.2) is 4.98 Å². The number of nitrogens with two attached hydrogens (primary N) is 1. The van der Waals surface area contributed by atoms with Crippen LogP contribution in [0.3, 0.4) is 0 Å². The summed E-state index contributed by atoms with van der Waals surface area (Å²) < 4.78 is 12.5. The number of hydrogen-bond donors (Lipinski definition) is 3. The lowest BCUT2D eigenvalue weighted by Crippen LogP contribution is -2.33. The van der Waals surface area contributed by atoms with E-state index < -0.39 is 17.9 Å². The van der Waals surface area contributed by atoms with E-state index in [-0.39, 0.29) is 24.2 Å². The summed E-state index contributed by atoms with van der Waals surface area (Å²) in [7, 11) is 1.54. The minimum Gasteiger partial charge on any atom is -0.394 e. The van der Waals surface area contributed by atoms with E-state index in [1.807, 2.05) is 0 Å². The number of hydrogen-bond acceptors (Lipinski definition) is 7. The summed E-state index contributed by atoms with van der Waals surface area (Å²) in [6.07, 6.45) is 0.150. The highest BCUT2D eigenvalue weighted by atomic mass is 16.6. The van der Waals surface area contributed by atoms with Gasteiger partial charge in [-0.05, 0) is 13.8 Å². The van der Waals surface area contributed by atoms with Crippen molar-refractivity contribution in [1.29, 1.82) is 0 Å². The molecule has 0 amide bonds. The Labute approximate surface area is 120 Å². The van der Waals surface area contributed by atoms with Gasteiger partial charge in [0.2, 0.25) is 5.95 Å². The fourth-order valence-corrected chi connectivity index (χ4v) is 1.98. The highest BCUT2D eigenvalue weighted by Crippen LogP contribution is 2.18. The molecule has 0 spiro atoms. The molecule has 116 valence electrons. The van der Waals surface area contributed by atoms with Crippen LogP contribution in [-0.2, 0) is 9.47 Å². The molecule has 2 rings (SSSR count). The van der Waals surface area contributed by atoms with Crippen LogP contribution in [-0.4, -0.2) is 50.6 Å². The number of nitrogen functional groups attached to an aromatic ring is 1. The summed E-state index contributed by atoms with van der Waals surface area (Å²) in [5.41, 5.74) is 5.64. The van der Waals surface area contributed by atoms with Crippen LogP contribution in [0.4, 0.5) is 5.95 Å². The van der Waals surface area contributed by atoms with Crippen molar-refractivity contribution in [3.8, 4) is 0 Å². The molecule has 21 heavy (non-hydrogen) atoms. The Bertz CT molecular complexity index is 667. The highest BCUT2D eigenvalue weighted by molar-refractivity contribution is 5.70. The van der Waals surface area contributed by atoms with E-state index in [1.54, 1.807) is 18.4 Å².